The molecule has 6 nitrogen and oxygen atoms in total. The van der Waals surface area contributed by atoms with E-state index >= 15 is 0 Å². The molecule has 0 aliphatic carbocycles. The fourth-order valence-corrected chi connectivity index (χ4v) is 2.99. The van der Waals surface area contributed by atoms with Gasteiger partial charge in [-0.25, -0.2) is 18.3 Å². The van der Waals surface area contributed by atoms with E-state index in [-0.39, 0.29) is 16.7 Å². The molecule has 160 valence electrons. The lowest BCUT2D eigenvalue weighted by molar-refractivity contribution is -0.142. The molecule has 3 aromatic rings. The van der Waals surface area contributed by atoms with Crippen LogP contribution in [0.5, 0.6) is 0 Å². The molecule has 0 bridgehead atoms. The third-order valence-corrected chi connectivity index (χ3v) is 4.67. The van der Waals surface area contributed by atoms with Gasteiger partial charge in [0.15, 0.2) is 6.61 Å². The Balaban J connectivity index is 1.60. The largest absolute Gasteiger partial charge is 0.452 e. The van der Waals surface area contributed by atoms with Gasteiger partial charge < -0.3 is 10.1 Å². The van der Waals surface area contributed by atoms with E-state index < -0.39 is 24.3 Å². The second-order valence-electron chi connectivity index (χ2n) is 6.63. The molecule has 9 heteroatoms. The maximum absolute atomic E-state index is 13.5. The molecule has 3 rings (SSSR count). The Labute approximate surface area is 182 Å². The number of hydrogen-bond acceptors (Lipinski definition) is 4. The van der Waals surface area contributed by atoms with Crippen LogP contribution in [0.4, 0.5) is 14.5 Å². The van der Waals surface area contributed by atoms with Gasteiger partial charge in [0.1, 0.15) is 16.8 Å². The van der Waals surface area contributed by atoms with Gasteiger partial charge >= 0.3 is 5.97 Å². The number of anilines is 1. The number of hydrogen-bond donors (Lipinski definition) is 1. The van der Waals surface area contributed by atoms with Gasteiger partial charge in [0.05, 0.1) is 11.4 Å². The number of carbonyl (C=O) groups is 2. The van der Waals surface area contributed by atoms with Crippen LogP contribution >= 0.6 is 11.6 Å². The molecule has 0 unspecified atom stereocenters. The normalized spacial score (nSPS) is 11.0. The van der Waals surface area contributed by atoms with Gasteiger partial charge in [-0.05, 0) is 61.9 Å². The highest BCUT2D eigenvalue weighted by atomic mass is 35.5. The Morgan fingerprint density at radius 3 is 2.55 bits per heavy atom. The summed E-state index contributed by atoms with van der Waals surface area (Å²) < 4.78 is 32.9. The van der Waals surface area contributed by atoms with Crippen LogP contribution in [-0.4, -0.2) is 28.3 Å². The first-order valence-electron chi connectivity index (χ1n) is 9.16. The van der Waals surface area contributed by atoms with E-state index in [1.165, 1.54) is 47.2 Å². The van der Waals surface area contributed by atoms with E-state index in [0.29, 0.717) is 22.5 Å². The topological polar surface area (TPSA) is 73.2 Å². The zero-order valence-electron chi connectivity index (χ0n) is 16.7. The van der Waals surface area contributed by atoms with Gasteiger partial charge in [-0.1, -0.05) is 17.7 Å². The lowest BCUT2D eigenvalue weighted by atomic mass is 10.2. The summed E-state index contributed by atoms with van der Waals surface area (Å²) >= 11 is 6.34. The monoisotopic (exact) mass is 445 g/mol. The van der Waals surface area contributed by atoms with Crippen molar-refractivity contribution < 1.29 is 23.1 Å². The molecule has 1 heterocycles. The third-order valence-electron chi connectivity index (χ3n) is 4.31. The molecule has 1 amide bonds. The minimum absolute atomic E-state index is 0.229. The molecule has 0 aliphatic heterocycles. The summed E-state index contributed by atoms with van der Waals surface area (Å²) in [6.07, 6.45) is 2.53. The summed E-state index contributed by atoms with van der Waals surface area (Å²) in [4.78, 5) is 23.8. The fourth-order valence-electron chi connectivity index (χ4n) is 2.66. The van der Waals surface area contributed by atoms with Gasteiger partial charge in [0.25, 0.3) is 5.91 Å². The molecule has 0 radical (unpaired) electrons. The standard InChI is InChI=1S/C22H18ClF2N3O3/c1-13-3-6-16(11-19(13)25)26-20(29)12-31-21(30)10-9-18-14(2)27-28(22(18)23)17-7-4-15(24)5-8-17/h3-11H,12H2,1-2H3,(H,26,29). The first-order valence-corrected chi connectivity index (χ1v) is 9.54. The highest BCUT2D eigenvalue weighted by molar-refractivity contribution is 6.31. The van der Waals surface area contributed by atoms with Crippen molar-refractivity contribution >= 4 is 35.2 Å². The van der Waals surface area contributed by atoms with Crippen LogP contribution in [0, 0.1) is 25.5 Å². The van der Waals surface area contributed by atoms with Crippen molar-refractivity contribution in [1.29, 1.82) is 0 Å². The number of esters is 1. The molecule has 1 N–H and O–H groups in total. The molecule has 0 spiro atoms. The van der Waals surface area contributed by atoms with E-state index in [1.807, 2.05) is 0 Å². The van der Waals surface area contributed by atoms with Crippen molar-refractivity contribution in [2.75, 3.05) is 11.9 Å². The number of benzene rings is 2. The van der Waals surface area contributed by atoms with Crippen LogP contribution in [0.25, 0.3) is 11.8 Å². The molecule has 1 aromatic heterocycles. The number of amides is 1. The van der Waals surface area contributed by atoms with Crippen LogP contribution in [0.2, 0.25) is 5.15 Å². The average Bonchev–Trinajstić information content (AvgIpc) is 3.02. The van der Waals surface area contributed by atoms with Crippen molar-refractivity contribution in [1.82, 2.24) is 9.78 Å². The van der Waals surface area contributed by atoms with Crippen molar-refractivity contribution in [3.8, 4) is 5.69 Å². The van der Waals surface area contributed by atoms with Crippen molar-refractivity contribution in [3.63, 3.8) is 0 Å². The number of carbonyl (C=O) groups excluding carboxylic acids is 2. The molecule has 0 saturated heterocycles. The smallest absolute Gasteiger partial charge is 0.331 e. The van der Waals surface area contributed by atoms with E-state index in [9.17, 15) is 18.4 Å². The molecule has 0 saturated carbocycles. The molecule has 0 atom stereocenters. The molecular formula is C22H18ClF2N3O3. The number of nitrogens with one attached hydrogen (secondary N) is 1. The van der Waals surface area contributed by atoms with Crippen LogP contribution in [0.3, 0.4) is 0 Å². The van der Waals surface area contributed by atoms with Gasteiger partial charge in [-0.15, -0.1) is 0 Å². The predicted octanol–water partition coefficient (Wildman–Crippen LogP) is 4.62. The quantitative estimate of drug-likeness (QED) is 0.444. The number of nitrogens with zero attached hydrogens (tertiary/aromatic N) is 2. The number of halogens is 3. The molecule has 0 fully saturated rings. The summed E-state index contributed by atoms with van der Waals surface area (Å²) in [5.41, 5.74) is 2.28. The Kier molecular flexibility index (Phi) is 6.81. The lowest BCUT2D eigenvalue weighted by Crippen LogP contribution is -2.20. The van der Waals surface area contributed by atoms with Crippen molar-refractivity contribution in [3.05, 3.63) is 82.1 Å². The first kappa shape index (κ1) is 22.2. The van der Waals surface area contributed by atoms with Crippen molar-refractivity contribution in [2.24, 2.45) is 0 Å². The van der Waals surface area contributed by atoms with Crippen LogP contribution in [-0.2, 0) is 14.3 Å². The van der Waals surface area contributed by atoms with E-state index in [2.05, 4.69) is 10.4 Å². The molecule has 31 heavy (non-hydrogen) atoms. The predicted molar refractivity (Wildman–Crippen MR) is 113 cm³/mol. The Morgan fingerprint density at radius 1 is 1.16 bits per heavy atom. The Hall–Kier alpha value is -3.52. The number of aryl methyl sites for hydroxylation is 2. The van der Waals surface area contributed by atoms with E-state index in [1.54, 1.807) is 19.9 Å². The molecule has 2 aromatic carbocycles. The summed E-state index contributed by atoms with van der Waals surface area (Å²) in [6.45, 7) is 2.76. The van der Waals surface area contributed by atoms with Crippen LogP contribution in [0.1, 0.15) is 16.8 Å². The van der Waals surface area contributed by atoms with Gasteiger partial charge in [-0.3, -0.25) is 4.79 Å². The minimum Gasteiger partial charge on any atom is -0.452 e. The van der Waals surface area contributed by atoms with Crippen LogP contribution in [0.15, 0.2) is 48.5 Å². The Morgan fingerprint density at radius 2 is 1.87 bits per heavy atom. The summed E-state index contributed by atoms with van der Waals surface area (Å²) in [7, 11) is 0. The molecular weight excluding hydrogens is 428 g/mol. The van der Waals surface area contributed by atoms with E-state index in [4.69, 9.17) is 16.3 Å². The zero-order valence-corrected chi connectivity index (χ0v) is 17.4. The summed E-state index contributed by atoms with van der Waals surface area (Å²) in [5.74, 6) is -2.21. The highest BCUT2D eigenvalue weighted by Crippen LogP contribution is 2.25. The SMILES string of the molecule is Cc1ccc(NC(=O)COC(=O)C=Cc2c(C)nn(-c3ccc(F)cc3)c2Cl)cc1F. The third kappa shape index (κ3) is 5.55. The first-order chi connectivity index (χ1) is 14.7. The van der Waals surface area contributed by atoms with Crippen molar-refractivity contribution in [2.45, 2.75) is 13.8 Å². The average molecular weight is 446 g/mol. The lowest BCUT2D eigenvalue weighted by Gasteiger charge is -2.06. The summed E-state index contributed by atoms with van der Waals surface area (Å²) in [6, 6.07) is 9.86. The Bertz CT molecular complexity index is 1160. The second kappa shape index (κ2) is 9.53. The zero-order chi connectivity index (χ0) is 22.5. The van der Waals surface area contributed by atoms with Crippen LogP contribution < -0.4 is 5.32 Å². The highest BCUT2D eigenvalue weighted by Gasteiger charge is 2.13. The number of ether oxygens (including phenoxy) is 1. The molecule has 0 aliphatic rings. The van der Waals surface area contributed by atoms with Gasteiger partial charge in [0, 0.05) is 17.3 Å². The second-order valence-corrected chi connectivity index (χ2v) is 6.99. The number of aromatic nitrogens is 2. The van der Waals surface area contributed by atoms with Gasteiger partial charge in [0.2, 0.25) is 0 Å². The maximum atomic E-state index is 13.5. The van der Waals surface area contributed by atoms with E-state index in [0.717, 1.165) is 6.08 Å². The van der Waals surface area contributed by atoms with Gasteiger partial charge in [-0.2, -0.15) is 5.10 Å². The summed E-state index contributed by atoms with van der Waals surface area (Å²) in [5, 5.41) is 6.96. The fraction of sp³-hybridized carbons (Fsp3) is 0.136. The maximum Gasteiger partial charge on any atom is 0.331 e. The minimum atomic E-state index is -0.768. The number of rotatable bonds is 6.